The van der Waals surface area contributed by atoms with Gasteiger partial charge in [0.05, 0.1) is 0 Å². The van der Waals surface area contributed by atoms with Crippen LogP contribution in [0.3, 0.4) is 0 Å². The van der Waals surface area contributed by atoms with E-state index in [1.54, 1.807) is 0 Å². The standard InChI is InChI=1S/C11H21N/c1-4-11(3)9-7-6-8-10-12-5-2/h4,8,10,12H,5-7,9H2,1-3H3/b10-8-,11-4-. The molecule has 0 aliphatic heterocycles. The molecule has 0 heterocycles. The molecule has 0 aliphatic rings. The summed E-state index contributed by atoms with van der Waals surface area (Å²) in [7, 11) is 0. The van der Waals surface area contributed by atoms with Crippen molar-refractivity contribution in [2.75, 3.05) is 6.54 Å². The van der Waals surface area contributed by atoms with Crippen molar-refractivity contribution in [2.45, 2.75) is 40.0 Å². The highest BCUT2D eigenvalue weighted by Gasteiger charge is 1.86. The maximum atomic E-state index is 3.16. The monoisotopic (exact) mass is 167 g/mol. The molecule has 0 radical (unpaired) electrons. The summed E-state index contributed by atoms with van der Waals surface area (Å²) in [6, 6.07) is 0. The van der Waals surface area contributed by atoms with Crippen molar-refractivity contribution < 1.29 is 0 Å². The smallest absolute Gasteiger partial charge is 0.0112 e. The molecule has 12 heavy (non-hydrogen) atoms. The molecule has 0 amide bonds. The fourth-order valence-corrected chi connectivity index (χ4v) is 0.928. The Morgan fingerprint density at radius 2 is 2.17 bits per heavy atom. The summed E-state index contributed by atoms with van der Waals surface area (Å²) < 4.78 is 0. The van der Waals surface area contributed by atoms with Gasteiger partial charge in [-0.05, 0) is 46.2 Å². The highest BCUT2D eigenvalue weighted by Crippen LogP contribution is 2.05. The third-order valence-electron chi connectivity index (χ3n) is 1.87. The van der Waals surface area contributed by atoms with Crippen LogP contribution in [0.2, 0.25) is 0 Å². The first kappa shape index (κ1) is 11.3. The molecule has 1 heteroatoms. The van der Waals surface area contributed by atoms with Crippen LogP contribution in [0.25, 0.3) is 0 Å². The summed E-state index contributed by atoms with van der Waals surface area (Å²) in [6.45, 7) is 7.41. The van der Waals surface area contributed by atoms with Gasteiger partial charge < -0.3 is 5.32 Å². The van der Waals surface area contributed by atoms with Crippen molar-refractivity contribution in [2.24, 2.45) is 0 Å². The summed E-state index contributed by atoms with van der Waals surface area (Å²) in [5.74, 6) is 0. The molecule has 0 saturated heterocycles. The number of nitrogens with one attached hydrogen (secondary N) is 1. The first-order valence-electron chi connectivity index (χ1n) is 4.81. The molecule has 0 bridgehead atoms. The van der Waals surface area contributed by atoms with E-state index in [0.717, 1.165) is 6.54 Å². The predicted molar refractivity (Wildman–Crippen MR) is 56.1 cm³/mol. The van der Waals surface area contributed by atoms with Gasteiger partial charge in [-0.25, -0.2) is 0 Å². The van der Waals surface area contributed by atoms with E-state index in [0.29, 0.717) is 0 Å². The highest BCUT2D eigenvalue weighted by atomic mass is 14.8. The second-order valence-electron chi connectivity index (χ2n) is 2.99. The van der Waals surface area contributed by atoms with Crippen LogP contribution in [0.1, 0.15) is 40.0 Å². The van der Waals surface area contributed by atoms with Crippen molar-refractivity contribution in [3.63, 3.8) is 0 Å². The molecule has 0 aliphatic carbocycles. The van der Waals surface area contributed by atoms with Crippen molar-refractivity contribution in [1.29, 1.82) is 0 Å². The Kier molecular flexibility index (Phi) is 7.87. The van der Waals surface area contributed by atoms with Crippen LogP contribution in [-0.4, -0.2) is 6.54 Å². The van der Waals surface area contributed by atoms with Crippen LogP contribution in [0, 0.1) is 0 Å². The Hall–Kier alpha value is -0.720. The molecular weight excluding hydrogens is 146 g/mol. The number of unbranched alkanes of at least 4 members (excludes halogenated alkanes) is 1. The molecule has 70 valence electrons. The van der Waals surface area contributed by atoms with E-state index in [1.807, 2.05) is 6.20 Å². The molecule has 1 N–H and O–H groups in total. The number of hydrogen-bond acceptors (Lipinski definition) is 1. The fraction of sp³-hybridized carbons (Fsp3) is 0.636. The van der Waals surface area contributed by atoms with E-state index in [9.17, 15) is 0 Å². The molecular formula is C11H21N. The Morgan fingerprint density at radius 1 is 1.42 bits per heavy atom. The summed E-state index contributed by atoms with van der Waals surface area (Å²) in [5.41, 5.74) is 1.49. The Balaban J connectivity index is 3.21. The van der Waals surface area contributed by atoms with Crippen LogP contribution in [0.5, 0.6) is 0 Å². The van der Waals surface area contributed by atoms with Crippen molar-refractivity contribution in [1.82, 2.24) is 5.32 Å². The lowest BCUT2D eigenvalue weighted by Crippen LogP contribution is -2.01. The maximum Gasteiger partial charge on any atom is 0.0112 e. The third-order valence-corrected chi connectivity index (χ3v) is 1.87. The van der Waals surface area contributed by atoms with Gasteiger partial charge in [-0.3, -0.25) is 0 Å². The molecule has 0 aromatic rings. The fourth-order valence-electron chi connectivity index (χ4n) is 0.928. The number of hydrogen-bond donors (Lipinski definition) is 1. The van der Waals surface area contributed by atoms with Crippen molar-refractivity contribution >= 4 is 0 Å². The summed E-state index contributed by atoms with van der Waals surface area (Å²) in [6.07, 6.45) is 10.1. The minimum Gasteiger partial charge on any atom is -0.391 e. The van der Waals surface area contributed by atoms with E-state index >= 15 is 0 Å². The van der Waals surface area contributed by atoms with Crippen LogP contribution >= 0.6 is 0 Å². The molecule has 0 spiro atoms. The number of allylic oxidation sites excluding steroid dienone is 3. The van der Waals surface area contributed by atoms with Gasteiger partial charge in [0.1, 0.15) is 0 Å². The highest BCUT2D eigenvalue weighted by molar-refractivity contribution is 4.95. The lowest BCUT2D eigenvalue weighted by molar-refractivity contribution is 0.820. The number of rotatable bonds is 6. The molecule has 0 rings (SSSR count). The van der Waals surface area contributed by atoms with Crippen LogP contribution in [-0.2, 0) is 0 Å². The minimum absolute atomic E-state index is 1.02. The van der Waals surface area contributed by atoms with Gasteiger partial charge in [0.2, 0.25) is 0 Å². The summed E-state index contributed by atoms with van der Waals surface area (Å²) in [4.78, 5) is 0. The van der Waals surface area contributed by atoms with Gasteiger partial charge in [-0.1, -0.05) is 17.7 Å². The molecule has 0 fully saturated rings. The zero-order valence-corrected chi connectivity index (χ0v) is 8.56. The largest absolute Gasteiger partial charge is 0.391 e. The third kappa shape index (κ3) is 7.39. The SMILES string of the molecule is C/C=C(/C)CCC/C=C\NCC. The molecule has 0 aromatic heterocycles. The topological polar surface area (TPSA) is 12.0 Å². The van der Waals surface area contributed by atoms with Gasteiger partial charge in [-0.15, -0.1) is 0 Å². The van der Waals surface area contributed by atoms with Crippen molar-refractivity contribution in [3.8, 4) is 0 Å². The lowest BCUT2D eigenvalue weighted by atomic mass is 10.1. The average Bonchev–Trinajstić information content (AvgIpc) is 2.10. The molecule has 0 saturated carbocycles. The first-order valence-corrected chi connectivity index (χ1v) is 4.81. The van der Waals surface area contributed by atoms with E-state index in [2.05, 4.69) is 38.2 Å². The van der Waals surface area contributed by atoms with E-state index in [-0.39, 0.29) is 0 Å². The second-order valence-corrected chi connectivity index (χ2v) is 2.99. The zero-order valence-electron chi connectivity index (χ0n) is 8.56. The molecule has 1 nitrogen and oxygen atoms in total. The van der Waals surface area contributed by atoms with Gasteiger partial charge in [-0.2, -0.15) is 0 Å². The summed E-state index contributed by atoms with van der Waals surface area (Å²) >= 11 is 0. The van der Waals surface area contributed by atoms with E-state index in [4.69, 9.17) is 0 Å². The summed E-state index contributed by atoms with van der Waals surface area (Å²) in [5, 5.41) is 3.16. The normalized spacial score (nSPS) is 12.4. The Bertz CT molecular complexity index is 145. The second kappa shape index (κ2) is 8.38. The Labute approximate surface area is 76.6 Å². The van der Waals surface area contributed by atoms with Gasteiger partial charge >= 0.3 is 0 Å². The maximum absolute atomic E-state index is 3.16. The minimum atomic E-state index is 1.02. The first-order chi connectivity index (χ1) is 5.81. The van der Waals surface area contributed by atoms with Crippen LogP contribution < -0.4 is 5.32 Å². The van der Waals surface area contributed by atoms with Crippen LogP contribution in [0.15, 0.2) is 23.9 Å². The molecule has 0 unspecified atom stereocenters. The average molecular weight is 167 g/mol. The predicted octanol–water partition coefficient (Wildman–Crippen LogP) is 3.25. The Morgan fingerprint density at radius 3 is 2.75 bits per heavy atom. The van der Waals surface area contributed by atoms with Gasteiger partial charge in [0.25, 0.3) is 0 Å². The van der Waals surface area contributed by atoms with Crippen molar-refractivity contribution in [3.05, 3.63) is 23.9 Å². The molecule has 0 aromatic carbocycles. The van der Waals surface area contributed by atoms with Gasteiger partial charge in [0, 0.05) is 6.54 Å². The van der Waals surface area contributed by atoms with Crippen LogP contribution in [0.4, 0.5) is 0 Å². The quantitative estimate of drug-likeness (QED) is 0.473. The zero-order chi connectivity index (χ0) is 9.23. The van der Waals surface area contributed by atoms with Gasteiger partial charge in [0.15, 0.2) is 0 Å². The lowest BCUT2D eigenvalue weighted by Gasteiger charge is -1.97. The van der Waals surface area contributed by atoms with E-state index in [1.165, 1.54) is 24.8 Å². The molecule has 0 atom stereocenters. The van der Waals surface area contributed by atoms with E-state index < -0.39 is 0 Å².